The average molecular weight is 915 g/mol. The fraction of sp³-hybridized carbons (Fsp3) is 0.444. The zero-order chi connectivity index (χ0) is 45.8. The molecule has 1 unspecified atom stereocenters. The molecule has 0 saturated carbocycles. The lowest BCUT2D eigenvalue weighted by molar-refractivity contribution is -0.164. The first-order valence-electron chi connectivity index (χ1n) is 20.6. The normalized spacial score (nSPS) is 22.1. The number of ether oxygens (including phenoxy) is 1. The number of fused-ring (bicyclic) bond motifs is 2. The smallest absolute Gasteiger partial charge is 0.389 e. The van der Waals surface area contributed by atoms with Crippen LogP contribution in [-0.2, 0) is 45.7 Å². The third kappa shape index (κ3) is 11.9. The Balaban J connectivity index is 1.33. The third-order valence-electron chi connectivity index (χ3n) is 11.5. The number of imidazole rings is 1. The Morgan fingerprint density at radius 1 is 1.00 bits per heavy atom. The van der Waals surface area contributed by atoms with E-state index in [1.165, 1.54) is 30.9 Å². The lowest BCUT2D eigenvalue weighted by atomic mass is 9.81. The summed E-state index contributed by atoms with van der Waals surface area (Å²) >= 11 is 12.5. The molecule has 3 heterocycles. The van der Waals surface area contributed by atoms with Crippen molar-refractivity contribution in [3.05, 3.63) is 99.9 Å². The highest BCUT2D eigenvalue weighted by atomic mass is 35.5. The molecule has 2 saturated heterocycles. The van der Waals surface area contributed by atoms with Gasteiger partial charge in [-0.1, -0.05) is 41.4 Å². The molecular formula is C45H52Cl2F3N7O6. The summed E-state index contributed by atoms with van der Waals surface area (Å²) in [6, 6.07) is 15.7. The number of hydrogen-bond donors (Lipinski definition) is 3. The molecule has 4 aromatic rings. The quantitative estimate of drug-likeness (QED) is 0.154. The van der Waals surface area contributed by atoms with Crippen LogP contribution in [0.1, 0.15) is 56.5 Å². The standard InChI is InChI=1S/C45H52Cl2F3N7O6/c1-27-41(60)52-40(28(2)58)42(61)53-44(21-29-7-12-33(46)13-8-29)17-6-18-56(26-44)43(62)32(22-45(48,49)50)19-39(59)57(27)24-31-9-14-34(47)20-37(31)63-35-15-10-30(11-16-35)36-23-51-38(55(36)5)25-54(3)4/h7-16,20,23,27-28,32,40,58H,6,17-19,21-22,24-26H2,1-5H3,(H,52,60)(H,53,61)/t27-,28-,32-,40?,44+/m0/s1. The number of piperidine rings is 1. The van der Waals surface area contributed by atoms with Crippen molar-refractivity contribution in [1.82, 2.24) is 34.9 Å². The Kier molecular flexibility index (Phi) is 14.8. The van der Waals surface area contributed by atoms with Crippen LogP contribution >= 0.6 is 23.2 Å². The molecule has 2 aliphatic heterocycles. The van der Waals surface area contributed by atoms with E-state index in [2.05, 4.69) is 15.6 Å². The van der Waals surface area contributed by atoms with E-state index in [0.717, 1.165) is 27.5 Å². The molecule has 18 heteroatoms. The van der Waals surface area contributed by atoms with E-state index >= 15 is 0 Å². The second kappa shape index (κ2) is 19.7. The summed E-state index contributed by atoms with van der Waals surface area (Å²) in [6.45, 7) is 2.87. The minimum atomic E-state index is -4.83. The SMILES string of the molecule is C[C@H](O)C1NC(=O)[C@H](C)N(Cc2ccc(Cl)cc2Oc2ccc(-c3cnc(CN(C)C)n3C)cc2)C(=O)C[C@@H](CC(F)(F)F)C(=O)N2CCC[C@@](Cc3ccc(Cl)cc3)(C2)NC1=O. The third-order valence-corrected chi connectivity index (χ3v) is 12.0. The van der Waals surface area contributed by atoms with Crippen molar-refractivity contribution in [3.63, 3.8) is 0 Å². The van der Waals surface area contributed by atoms with Gasteiger partial charge in [0, 0.05) is 47.7 Å². The van der Waals surface area contributed by atoms with Gasteiger partial charge in [-0.2, -0.15) is 13.2 Å². The summed E-state index contributed by atoms with van der Waals surface area (Å²) in [6.07, 6.45) is -6.13. The number of rotatable bonds is 11. The van der Waals surface area contributed by atoms with Crippen molar-refractivity contribution < 1.29 is 42.2 Å². The first-order chi connectivity index (χ1) is 29.7. The van der Waals surface area contributed by atoms with Gasteiger partial charge in [-0.25, -0.2) is 4.98 Å². The lowest BCUT2D eigenvalue weighted by Gasteiger charge is -2.45. The van der Waals surface area contributed by atoms with E-state index in [1.807, 2.05) is 42.7 Å². The van der Waals surface area contributed by atoms with Gasteiger partial charge in [0.05, 0.1) is 49.0 Å². The van der Waals surface area contributed by atoms with Crippen molar-refractivity contribution >= 4 is 46.8 Å². The molecule has 3 N–H and O–H groups in total. The van der Waals surface area contributed by atoms with Gasteiger partial charge >= 0.3 is 6.18 Å². The van der Waals surface area contributed by atoms with E-state index < -0.39 is 72.3 Å². The lowest BCUT2D eigenvalue weighted by Crippen LogP contribution is -2.66. The van der Waals surface area contributed by atoms with Gasteiger partial charge < -0.3 is 39.7 Å². The summed E-state index contributed by atoms with van der Waals surface area (Å²) in [5, 5.41) is 17.2. The summed E-state index contributed by atoms with van der Waals surface area (Å²) < 4.78 is 51.2. The predicted octanol–water partition coefficient (Wildman–Crippen LogP) is 6.52. The number of halogens is 5. The highest BCUT2D eigenvalue weighted by molar-refractivity contribution is 6.31. The monoisotopic (exact) mass is 913 g/mol. The number of benzene rings is 3. The zero-order valence-electron chi connectivity index (χ0n) is 35.7. The van der Waals surface area contributed by atoms with Crippen molar-refractivity contribution in [2.24, 2.45) is 13.0 Å². The van der Waals surface area contributed by atoms with Crippen LogP contribution in [0, 0.1) is 5.92 Å². The molecular weight excluding hydrogens is 862 g/mol. The first-order valence-corrected chi connectivity index (χ1v) is 21.4. The summed E-state index contributed by atoms with van der Waals surface area (Å²) in [4.78, 5) is 65.9. The molecule has 4 amide bonds. The van der Waals surface area contributed by atoms with Crippen molar-refractivity contribution in [3.8, 4) is 22.8 Å². The van der Waals surface area contributed by atoms with Gasteiger partial charge in [-0.15, -0.1) is 0 Å². The Bertz CT molecular complexity index is 2290. The molecule has 0 aliphatic carbocycles. The van der Waals surface area contributed by atoms with Crippen LogP contribution in [0.2, 0.25) is 10.0 Å². The van der Waals surface area contributed by atoms with Gasteiger partial charge in [0.1, 0.15) is 29.4 Å². The van der Waals surface area contributed by atoms with Gasteiger partial charge in [-0.3, -0.25) is 19.2 Å². The number of nitrogens with one attached hydrogen (secondary N) is 2. The maximum atomic E-state index is 14.5. The van der Waals surface area contributed by atoms with Crippen LogP contribution in [0.25, 0.3) is 11.3 Å². The molecule has 13 nitrogen and oxygen atoms in total. The Labute approximate surface area is 374 Å². The number of carbonyl (C=O) groups excluding carboxylic acids is 4. The molecule has 2 fully saturated rings. The van der Waals surface area contributed by atoms with E-state index in [9.17, 15) is 37.5 Å². The maximum Gasteiger partial charge on any atom is 0.389 e. The van der Waals surface area contributed by atoms with E-state index in [4.69, 9.17) is 27.9 Å². The van der Waals surface area contributed by atoms with Crippen LogP contribution in [0.5, 0.6) is 11.5 Å². The van der Waals surface area contributed by atoms with Crippen LogP contribution in [0.3, 0.4) is 0 Å². The number of amides is 4. The maximum absolute atomic E-state index is 14.5. The van der Waals surface area contributed by atoms with E-state index in [1.54, 1.807) is 48.7 Å². The van der Waals surface area contributed by atoms with Gasteiger partial charge in [0.2, 0.25) is 23.6 Å². The van der Waals surface area contributed by atoms with Crippen LogP contribution in [0.4, 0.5) is 13.2 Å². The van der Waals surface area contributed by atoms with Gasteiger partial charge in [0.25, 0.3) is 0 Å². The molecule has 5 atom stereocenters. The number of hydrogen-bond acceptors (Lipinski definition) is 8. The minimum Gasteiger partial charge on any atom is -0.457 e. The number of alkyl halides is 3. The molecule has 6 rings (SSSR count). The average Bonchev–Trinajstić information content (AvgIpc) is 3.57. The summed E-state index contributed by atoms with van der Waals surface area (Å²) in [5.41, 5.74) is 1.60. The number of nitrogens with zero attached hydrogens (tertiary/aromatic N) is 5. The molecule has 3 aromatic carbocycles. The summed E-state index contributed by atoms with van der Waals surface area (Å²) in [5.74, 6) is -3.85. The van der Waals surface area contributed by atoms with E-state index in [-0.39, 0.29) is 36.8 Å². The van der Waals surface area contributed by atoms with Crippen LogP contribution < -0.4 is 15.4 Å². The van der Waals surface area contributed by atoms with Gasteiger partial charge in [-0.05, 0) is 101 Å². The molecule has 0 radical (unpaired) electrons. The number of aliphatic hydroxyl groups excluding tert-OH is 1. The Hall–Kier alpha value is -5.16. The Morgan fingerprint density at radius 2 is 1.68 bits per heavy atom. The molecule has 338 valence electrons. The zero-order valence-corrected chi connectivity index (χ0v) is 37.2. The molecule has 2 aliphatic rings. The van der Waals surface area contributed by atoms with Crippen LogP contribution in [0.15, 0.2) is 72.9 Å². The second-order valence-electron chi connectivity index (χ2n) is 16.8. The highest BCUT2D eigenvalue weighted by Gasteiger charge is 2.46. The number of carbonyl (C=O) groups is 4. The fourth-order valence-corrected chi connectivity index (χ4v) is 8.51. The van der Waals surface area contributed by atoms with Crippen molar-refractivity contribution in [2.45, 2.75) is 88.9 Å². The summed E-state index contributed by atoms with van der Waals surface area (Å²) in [7, 11) is 5.84. The largest absolute Gasteiger partial charge is 0.457 e. The Morgan fingerprint density at radius 3 is 2.33 bits per heavy atom. The fourth-order valence-electron chi connectivity index (χ4n) is 8.22. The van der Waals surface area contributed by atoms with E-state index in [0.29, 0.717) is 35.7 Å². The predicted molar refractivity (Wildman–Crippen MR) is 232 cm³/mol. The van der Waals surface area contributed by atoms with Crippen LogP contribution in [-0.4, -0.2) is 110 Å². The minimum absolute atomic E-state index is 0.0856. The molecule has 0 spiro atoms. The molecule has 2 bridgehead atoms. The second-order valence-corrected chi connectivity index (χ2v) is 17.7. The topological polar surface area (TPSA) is 149 Å². The highest BCUT2D eigenvalue weighted by Crippen LogP contribution is 2.35. The van der Waals surface area contributed by atoms with Crippen molar-refractivity contribution in [2.75, 3.05) is 27.2 Å². The number of aliphatic hydroxyl groups is 1. The van der Waals surface area contributed by atoms with Gasteiger partial charge in [0.15, 0.2) is 0 Å². The molecule has 1 aromatic heterocycles. The van der Waals surface area contributed by atoms with Crippen molar-refractivity contribution in [1.29, 1.82) is 0 Å². The first kappa shape index (κ1) is 47.3. The molecule has 63 heavy (non-hydrogen) atoms. The number of aromatic nitrogens is 2.